The predicted molar refractivity (Wildman–Crippen MR) is 76.4 cm³/mol. The van der Waals surface area contributed by atoms with E-state index in [1.54, 1.807) is 0 Å². The van der Waals surface area contributed by atoms with Crippen LogP contribution in [-0.4, -0.2) is 12.2 Å². The maximum Gasteiger partial charge on any atom is 0.132 e. The van der Waals surface area contributed by atoms with E-state index in [-0.39, 0.29) is 6.61 Å². The van der Waals surface area contributed by atoms with Crippen molar-refractivity contribution >= 4 is 0 Å². The van der Waals surface area contributed by atoms with Crippen LogP contribution in [0.4, 0.5) is 0 Å². The lowest BCUT2D eigenvalue weighted by molar-refractivity contribution is 0.276. The van der Waals surface area contributed by atoms with E-state index in [0.717, 1.165) is 11.3 Å². The average molecular weight is 257 g/mol. The predicted octanol–water partition coefficient (Wildman–Crippen LogP) is 3.25. The van der Waals surface area contributed by atoms with Crippen molar-refractivity contribution in [2.24, 2.45) is 0 Å². The SMILES string of the molecule is CNC(C)c1ccc(Oc2ccccc2CO)cc1. The summed E-state index contributed by atoms with van der Waals surface area (Å²) in [7, 11) is 1.94. The third-order valence-electron chi connectivity index (χ3n) is 3.18. The molecule has 2 rings (SSSR count). The molecule has 0 radical (unpaired) electrons. The quantitative estimate of drug-likeness (QED) is 0.864. The zero-order chi connectivity index (χ0) is 13.7. The maximum absolute atomic E-state index is 9.26. The fraction of sp³-hybridized carbons (Fsp3) is 0.250. The standard InChI is InChI=1S/C16H19NO2/c1-12(17-2)13-7-9-15(10-8-13)19-16-6-4-3-5-14(16)11-18/h3-10,12,17-18H,11H2,1-2H3. The minimum atomic E-state index is -0.0228. The van der Waals surface area contributed by atoms with Gasteiger partial charge < -0.3 is 15.2 Å². The molecular formula is C16H19NO2. The van der Waals surface area contributed by atoms with Crippen LogP contribution in [-0.2, 0) is 6.61 Å². The van der Waals surface area contributed by atoms with E-state index in [4.69, 9.17) is 4.74 Å². The lowest BCUT2D eigenvalue weighted by atomic mass is 10.1. The lowest BCUT2D eigenvalue weighted by Crippen LogP contribution is -2.11. The Hall–Kier alpha value is -1.84. The van der Waals surface area contributed by atoms with Gasteiger partial charge in [-0.1, -0.05) is 30.3 Å². The Kier molecular flexibility index (Phi) is 4.55. The van der Waals surface area contributed by atoms with Crippen molar-refractivity contribution < 1.29 is 9.84 Å². The Morgan fingerprint density at radius 1 is 1.11 bits per heavy atom. The number of ether oxygens (including phenoxy) is 1. The van der Waals surface area contributed by atoms with E-state index in [9.17, 15) is 5.11 Å². The van der Waals surface area contributed by atoms with E-state index < -0.39 is 0 Å². The highest BCUT2D eigenvalue weighted by molar-refractivity contribution is 5.38. The summed E-state index contributed by atoms with van der Waals surface area (Å²) in [5.74, 6) is 1.47. The molecule has 0 amide bonds. The molecule has 2 aromatic rings. The topological polar surface area (TPSA) is 41.5 Å². The number of aliphatic hydroxyl groups is 1. The molecule has 0 aliphatic heterocycles. The number of hydrogen-bond acceptors (Lipinski definition) is 3. The van der Waals surface area contributed by atoms with E-state index in [1.165, 1.54) is 5.56 Å². The van der Waals surface area contributed by atoms with Crippen molar-refractivity contribution in [3.63, 3.8) is 0 Å². The van der Waals surface area contributed by atoms with Crippen LogP contribution >= 0.6 is 0 Å². The summed E-state index contributed by atoms with van der Waals surface area (Å²) in [4.78, 5) is 0. The first-order chi connectivity index (χ1) is 9.24. The van der Waals surface area contributed by atoms with Gasteiger partial charge >= 0.3 is 0 Å². The van der Waals surface area contributed by atoms with Gasteiger partial charge in [-0.2, -0.15) is 0 Å². The summed E-state index contributed by atoms with van der Waals surface area (Å²) < 4.78 is 5.79. The third-order valence-corrected chi connectivity index (χ3v) is 3.18. The van der Waals surface area contributed by atoms with Gasteiger partial charge in [-0.25, -0.2) is 0 Å². The summed E-state index contributed by atoms with van der Waals surface area (Å²) in [5, 5.41) is 12.5. The first-order valence-electron chi connectivity index (χ1n) is 6.38. The van der Waals surface area contributed by atoms with Crippen LogP contribution in [0, 0.1) is 0 Å². The Bertz CT molecular complexity index is 523. The molecule has 0 bridgehead atoms. The van der Waals surface area contributed by atoms with Gasteiger partial charge in [-0.15, -0.1) is 0 Å². The molecule has 2 aromatic carbocycles. The summed E-state index contributed by atoms with van der Waals surface area (Å²) in [6, 6.07) is 15.8. The molecule has 3 heteroatoms. The minimum absolute atomic E-state index is 0.0228. The molecule has 0 spiro atoms. The summed E-state index contributed by atoms with van der Waals surface area (Å²) in [6.07, 6.45) is 0. The monoisotopic (exact) mass is 257 g/mol. The largest absolute Gasteiger partial charge is 0.457 e. The van der Waals surface area contributed by atoms with Crippen LogP contribution in [0.3, 0.4) is 0 Å². The number of hydrogen-bond donors (Lipinski definition) is 2. The number of rotatable bonds is 5. The highest BCUT2D eigenvalue weighted by Gasteiger charge is 2.05. The Morgan fingerprint density at radius 3 is 2.42 bits per heavy atom. The van der Waals surface area contributed by atoms with Crippen molar-refractivity contribution in [1.29, 1.82) is 0 Å². The van der Waals surface area contributed by atoms with Gasteiger partial charge in [0.2, 0.25) is 0 Å². The van der Waals surface area contributed by atoms with Crippen LogP contribution in [0.1, 0.15) is 24.1 Å². The van der Waals surface area contributed by atoms with Gasteiger partial charge in [0.1, 0.15) is 11.5 Å². The molecule has 1 atom stereocenters. The van der Waals surface area contributed by atoms with E-state index in [1.807, 2.05) is 55.6 Å². The van der Waals surface area contributed by atoms with Crippen molar-refractivity contribution in [2.75, 3.05) is 7.05 Å². The molecular weight excluding hydrogens is 238 g/mol. The minimum Gasteiger partial charge on any atom is -0.457 e. The van der Waals surface area contributed by atoms with Gasteiger partial charge in [0.05, 0.1) is 6.61 Å². The zero-order valence-electron chi connectivity index (χ0n) is 11.3. The third kappa shape index (κ3) is 3.34. The van der Waals surface area contributed by atoms with Gasteiger partial charge in [0.15, 0.2) is 0 Å². The first kappa shape index (κ1) is 13.6. The highest BCUT2D eigenvalue weighted by atomic mass is 16.5. The van der Waals surface area contributed by atoms with E-state index in [2.05, 4.69) is 12.2 Å². The fourth-order valence-electron chi connectivity index (χ4n) is 1.85. The summed E-state index contributed by atoms with van der Waals surface area (Å²) in [5.41, 5.74) is 2.00. The first-order valence-corrected chi connectivity index (χ1v) is 6.38. The van der Waals surface area contributed by atoms with Gasteiger partial charge in [0, 0.05) is 11.6 Å². The molecule has 0 fully saturated rings. The lowest BCUT2D eigenvalue weighted by Gasteiger charge is -2.12. The molecule has 0 saturated heterocycles. The molecule has 2 N–H and O–H groups in total. The Balaban J connectivity index is 2.15. The number of para-hydroxylation sites is 1. The number of nitrogens with one attached hydrogen (secondary N) is 1. The second kappa shape index (κ2) is 6.36. The molecule has 0 aliphatic rings. The molecule has 3 nitrogen and oxygen atoms in total. The second-order valence-electron chi connectivity index (χ2n) is 4.45. The fourth-order valence-corrected chi connectivity index (χ4v) is 1.85. The van der Waals surface area contributed by atoms with Crippen molar-refractivity contribution in [3.05, 3.63) is 59.7 Å². The van der Waals surface area contributed by atoms with Gasteiger partial charge in [-0.05, 0) is 37.7 Å². The van der Waals surface area contributed by atoms with Gasteiger partial charge in [0.25, 0.3) is 0 Å². The Morgan fingerprint density at radius 2 is 1.79 bits per heavy atom. The van der Waals surface area contributed by atoms with E-state index >= 15 is 0 Å². The van der Waals surface area contributed by atoms with Crippen LogP contribution in [0.2, 0.25) is 0 Å². The normalized spacial score (nSPS) is 12.2. The van der Waals surface area contributed by atoms with Crippen LogP contribution in [0.15, 0.2) is 48.5 Å². The summed E-state index contributed by atoms with van der Waals surface area (Å²) >= 11 is 0. The zero-order valence-corrected chi connectivity index (χ0v) is 11.3. The molecule has 1 unspecified atom stereocenters. The molecule has 100 valence electrons. The molecule has 19 heavy (non-hydrogen) atoms. The van der Waals surface area contributed by atoms with Crippen LogP contribution in [0.5, 0.6) is 11.5 Å². The molecule has 0 saturated carbocycles. The average Bonchev–Trinajstić information content (AvgIpc) is 2.48. The Labute approximate surface area is 113 Å². The van der Waals surface area contributed by atoms with E-state index in [0.29, 0.717) is 11.8 Å². The number of aliphatic hydroxyl groups excluding tert-OH is 1. The maximum atomic E-state index is 9.26. The van der Waals surface area contributed by atoms with Crippen molar-refractivity contribution in [1.82, 2.24) is 5.32 Å². The van der Waals surface area contributed by atoms with Crippen LogP contribution in [0.25, 0.3) is 0 Å². The highest BCUT2D eigenvalue weighted by Crippen LogP contribution is 2.26. The molecule has 0 aromatic heterocycles. The second-order valence-corrected chi connectivity index (χ2v) is 4.45. The van der Waals surface area contributed by atoms with Gasteiger partial charge in [-0.3, -0.25) is 0 Å². The van der Waals surface area contributed by atoms with Crippen LogP contribution < -0.4 is 10.1 Å². The number of benzene rings is 2. The molecule has 0 heterocycles. The van der Waals surface area contributed by atoms with Crippen molar-refractivity contribution in [2.45, 2.75) is 19.6 Å². The van der Waals surface area contributed by atoms with Crippen molar-refractivity contribution in [3.8, 4) is 11.5 Å². The smallest absolute Gasteiger partial charge is 0.132 e. The molecule has 0 aliphatic carbocycles. The summed E-state index contributed by atoms with van der Waals surface area (Å²) in [6.45, 7) is 2.09.